The lowest BCUT2D eigenvalue weighted by molar-refractivity contribution is 0.254. The molecule has 0 atom stereocenters. The molecule has 2 N–H and O–H groups in total. The predicted octanol–water partition coefficient (Wildman–Crippen LogP) is 3.39. The average molecular weight is 262 g/mol. The molecule has 2 aliphatic rings. The second kappa shape index (κ2) is 4.73. The van der Waals surface area contributed by atoms with E-state index in [-0.39, 0.29) is 5.54 Å². The summed E-state index contributed by atoms with van der Waals surface area (Å²) < 4.78 is 2.10. The number of fused-ring (bicyclic) bond motifs is 1. The van der Waals surface area contributed by atoms with Gasteiger partial charge in [-0.1, -0.05) is 13.3 Å². The van der Waals surface area contributed by atoms with Crippen LogP contribution in [0.2, 0.25) is 0 Å². The molecule has 3 rings (SSSR count). The summed E-state index contributed by atoms with van der Waals surface area (Å²) in [6, 6.07) is 0. The largest absolute Gasteiger partial charge is 0.378 e. The first-order chi connectivity index (χ1) is 9.17. The second-order valence-corrected chi connectivity index (χ2v) is 6.24. The van der Waals surface area contributed by atoms with Gasteiger partial charge in [0.05, 0.1) is 11.2 Å². The zero-order chi connectivity index (χ0) is 13.5. The highest BCUT2D eigenvalue weighted by atomic mass is 15.4. The molecular weight excluding hydrogens is 236 g/mol. The summed E-state index contributed by atoms with van der Waals surface area (Å²) in [6.45, 7) is 8.54. The van der Waals surface area contributed by atoms with Crippen molar-refractivity contribution in [1.29, 1.82) is 0 Å². The molecule has 2 heterocycles. The van der Waals surface area contributed by atoms with Crippen LogP contribution in [0.4, 0.5) is 11.5 Å². The van der Waals surface area contributed by atoms with Gasteiger partial charge in [-0.25, -0.2) is 4.68 Å². The fourth-order valence-electron chi connectivity index (χ4n) is 3.64. The van der Waals surface area contributed by atoms with Crippen LogP contribution in [0.5, 0.6) is 0 Å². The Morgan fingerprint density at radius 3 is 2.68 bits per heavy atom. The van der Waals surface area contributed by atoms with Gasteiger partial charge in [-0.05, 0) is 45.4 Å². The van der Waals surface area contributed by atoms with Gasteiger partial charge in [-0.15, -0.1) is 0 Å². The first kappa shape index (κ1) is 12.8. The van der Waals surface area contributed by atoms with E-state index in [1.54, 1.807) is 0 Å². The number of anilines is 2. The molecule has 0 amide bonds. The minimum absolute atomic E-state index is 0.262. The van der Waals surface area contributed by atoms with Gasteiger partial charge in [-0.2, -0.15) is 5.10 Å². The lowest BCUT2D eigenvalue weighted by Crippen LogP contribution is -2.50. The van der Waals surface area contributed by atoms with Gasteiger partial charge in [0.15, 0.2) is 0 Å². The molecule has 1 aliphatic carbocycles. The first-order valence-corrected chi connectivity index (χ1v) is 7.77. The molecule has 19 heavy (non-hydrogen) atoms. The van der Waals surface area contributed by atoms with E-state index in [4.69, 9.17) is 0 Å². The molecule has 0 saturated heterocycles. The van der Waals surface area contributed by atoms with Crippen molar-refractivity contribution in [1.82, 2.24) is 9.78 Å². The van der Waals surface area contributed by atoms with E-state index in [9.17, 15) is 0 Å². The van der Waals surface area contributed by atoms with Crippen molar-refractivity contribution in [2.45, 2.75) is 65.0 Å². The summed E-state index contributed by atoms with van der Waals surface area (Å²) in [6.07, 6.45) is 6.62. The molecule has 0 aromatic carbocycles. The van der Waals surface area contributed by atoms with Crippen LogP contribution >= 0.6 is 0 Å². The molecule has 1 aliphatic heterocycles. The zero-order valence-corrected chi connectivity index (χ0v) is 12.4. The number of nitrogens with one attached hydrogen (secondary N) is 2. The number of aromatic nitrogens is 2. The van der Waals surface area contributed by atoms with E-state index in [2.05, 4.69) is 41.2 Å². The Kier molecular flexibility index (Phi) is 3.19. The molecule has 1 aromatic rings. The van der Waals surface area contributed by atoms with Crippen LogP contribution in [0.3, 0.4) is 0 Å². The number of rotatable bonds is 2. The van der Waals surface area contributed by atoms with Gasteiger partial charge in [0.2, 0.25) is 0 Å². The molecule has 1 saturated carbocycles. The smallest absolute Gasteiger partial charge is 0.148 e. The topological polar surface area (TPSA) is 41.9 Å². The second-order valence-electron chi connectivity index (χ2n) is 6.24. The van der Waals surface area contributed by atoms with E-state index < -0.39 is 0 Å². The molecule has 0 radical (unpaired) electrons. The quantitative estimate of drug-likeness (QED) is 0.858. The van der Waals surface area contributed by atoms with Crippen LogP contribution in [0.1, 0.15) is 51.6 Å². The fraction of sp³-hybridized carbons (Fsp3) is 0.800. The van der Waals surface area contributed by atoms with Gasteiger partial charge < -0.3 is 10.6 Å². The highest BCUT2D eigenvalue weighted by Gasteiger charge is 2.39. The molecule has 0 bridgehead atoms. The highest BCUT2D eigenvalue weighted by Crippen LogP contribution is 2.41. The standard InChI is InChI=1S/C15H26N4/c1-4-12-6-8-15(9-7-12)10-16-13-11(3)18-19(5-2)14(13)17-15/h12,16-17H,4-10H2,1-3H3. The van der Waals surface area contributed by atoms with Crippen molar-refractivity contribution in [2.75, 3.05) is 17.2 Å². The third-order valence-corrected chi connectivity index (χ3v) is 5.05. The Labute approximate surface area is 116 Å². The van der Waals surface area contributed by atoms with Gasteiger partial charge in [0.1, 0.15) is 11.5 Å². The molecule has 0 unspecified atom stereocenters. The SMILES string of the molecule is CCC1CCC2(CC1)CNc1c(C)nn(CC)c1N2. The van der Waals surface area contributed by atoms with E-state index >= 15 is 0 Å². The minimum Gasteiger partial charge on any atom is -0.378 e. The van der Waals surface area contributed by atoms with Gasteiger partial charge >= 0.3 is 0 Å². The number of hydrogen-bond donors (Lipinski definition) is 2. The van der Waals surface area contributed by atoms with Crippen LogP contribution in [0, 0.1) is 12.8 Å². The molecule has 1 aromatic heterocycles. The predicted molar refractivity (Wildman–Crippen MR) is 79.7 cm³/mol. The molecular formula is C15H26N4. The van der Waals surface area contributed by atoms with Crippen LogP contribution in [0.15, 0.2) is 0 Å². The van der Waals surface area contributed by atoms with Crippen LogP contribution < -0.4 is 10.6 Å². The maximum absolute atomic E-state index is 4.61. The molecule has 1 spiro atoms. The summed E-state index contributed by atoms with van der Waals surface area (Å²) in [7, 11) is 0. The normalized spacial score (nSPS) is 29.7. The monoisotopic (exact) mass is 262 g/mol. The average Bonchev–Trinajstić information content (AvgIpc) is 2.75. The molecule has 4 nitrogen and oxygen atoms in total. The van der Waals surface area contributed by atoms with Gasteiger partial charge in [0, 0.05) is 13.1 Å². The molecule has 1 fully saturated rings. The van der Waals surface area contributed by atoms with Crippen LogP contribution in [0.25, 0.3) is 0 Å². The fourth-order valence-corrected chi connectivity index (χ4v) is 3.64. The zero-order valence-electron chi connectivity index (χ0n) is 12.4. The number of aryl methyl sites for hydroxylation is 2. The summed E-state index contributed by atoms with van der Waals surface area (Å²) in [5.74, 6) is 2.15. The van der Waals surface area contributed by atoms with Gasteiger partial charge in [-0.3, -0.25) is 0 Å². The first-order valence-electron chi connectivity index (χ1n) is 7.77. The Morgan fingerprint density at radius 2 is 2.05 bits per heavy atom. The summed E-state index contributed by atoms with van der Waals surface area (Å²) in [4.78, 5) is 0. The highest BCUT2D eigenvalue weighted by molar-refractivity contribution is 5.71. The maximum Gasteiger partial charge on any atom is 0.148 e. The minimum atomic E-state index is 0.262. The Bertz CT molecular complexity index is 455. The molecule has 4 heteroatoms. The Hall–Kier alpha value is -1.19. The number of nitrogens with zero attached hydrogens (tertiary/aromatic N) is 2. The van der Waals surface area contributed by atoms with E-state index in [0.717, 1.165) is 24.7 Å². The molecule has 106 valence electrons. The lowest BCUT2D eigenvalue weighted by atomic mass is 9.75. The summed E-state index contributed by atoms with van der Waals surface area (Å²) in [5, 5.41) is 12.1. The van der Waals surface area contributed by atoms with Crippen molar-refractivity contribution >= 4 is 11.5 Å². The van der Waals surface area contributed by atoms with E-state index in [1.165, 1.54) is 43.6 Å². The van der Waals surface area contributed by atoms with E-state index in [0.29, 0.717) is 0 Å². The maximum atomic E-state index is 4.61. The van der Waals surface area contributed by atoms with Crippen molar-refractivity contribution in [3.05, 3.63) is 5.69 Å². The summed E-state index contributed by atoms with van der Waals surface area (Å²) in [5.41, 5.74) is 2.59. The van der Waals surface area contributed by atoms with Crippen LogP contribution in [-0.4, -0.2) is 21.9 Å². The van der Waals surface area contributed by atoms with Crippen molar-refractivity contribution in [2.24, 2.45) is 5.92 Å². The third kappa shape index (κ3) is 2.11. The van der Waals surface area contributed by atoms with Crippen molar-refractivity contribution < 1.29 is 0 Å². The van der Waals surface area contributed by atoms with Crippen LogP contribution in [-0.2, 0) is 6.54 Å². The van der Waals surface area contributed by atoms with Crippen molar-refractivity contribution in [3.8, 4) is 0 Å². The third-order valence-electron chi connectivity index (χ3n) is 5.05. The Balaban J connectivity index is 1.82. The van der Waals surface area contributed by atoms with Crippen molar-refractivity contribution in [3.63, 3.8) is 0 Å². The lowest BCUT2D eigenvalue weighted by Gasteiger charge is -2.44. The van der Waals surface area contributed by atoms with Gasteiger partial charge in [0.25, 0.3) is 0 Å². The number of hydrogen-bond acceptors (Lipinski definition) is 3. The Morgan fingerprint density at radius 1 is 1.32 bits per heavy atom. The van der Waals surface area contributed by atoms with E-state index in [1.807, 2.05) is 0 Å². The summed E-state index contributed by atoms with van der Waals surface area (Å²) >= 11 is 0.